The Labute approximate surface area is 137 Å². The zero-order valence-corrected chi connectivity index (χ0v) is 13.3. The van der Waals surface area contributed by atoms with E-state index in [-0.39, 0.29) is 0 Å². The predicted octanol–water partition coefficient (Wildman–Crippen LogP) is 3.39. The third kappa shape index (κ3) is 2.47. The first-order valence-electron chi connectivity index (χ1n) is 8.39. The van der Waals surface area contributed by atoms with Crippen LogP contribution < -0.4 is 0 Å². The van der Waals surface area contributed by atoms with Crippen LogP contribution in [0.25, 0.3) is 11.1 Å². The summed E-state index contributed by atoms with van der Waals surface area (Å²) in [6.45, 7) is 3.13. The molecule has 1 saturated heterocycles. The third-order valence-electron chi connectivity index (χ3n) is 5.01. The summed E-state index contributed by atoms with van der Waals surface area (Å²) < 4.78 is 0. The zero-order chi connectivity index (χ0) is 15.7. The molecular formula is C21H21NO. The van der Waals surface area contributed by atoms with Crippen molar-refractivity contribution in [1.29, 1.82) is 0 Å². The van der Waals surface area contributed by atoms with Gasteiger partial charge in [-0.2, -0.15) is 0 Å². The van der Waals surface area contributed by atoms with Gasteiger partial charge in [0.25, 0.3) is 0 Å². The van der Waals surface area contributed by atoms with Gasteiger partial charge in [-0.25, -0.2) is 0 Å². The van der Waals surface area contributed by atoms with Crippen LogP contribution in [0, 0.1) is 11.8 Å². The highest BCUT2D eigenvalue weighted by Gasteiger charge is 2.40. The molecule has 23 heavy (non-hydrogen) atoms. The van der Waals surface area contributed by atoms with Crippen LogP contribution in [-0.4, -0.2) is 29.6 Å². The largest absolute Gasteiger partial charge is 0.379 e. The molecule has 2 aliphatic rings. The minimum Gasteiger partial charge on any atom is -0.379 e. The molecule has 2 heteroatoms. The monoisotopic (exact) mass is 303 g/mol. The molecule has 1 aliphatic carbocycles. The maximum Gasteiger partial charge on any atom is 0.127 e. The fourth-order valence-corrected chi connectivity index (χ4v) is 3.79. The van der Waals surface area contributed by atoms with Crippen molar-refractivity contribution in [3.05, 3.63) is 59.7 Å². The van der Waals surface area contributed by atoms with E-state index >= 15 is 0 Å². The van der Waals surface area contributed by atoms with E-state index in [0.717, 1.165) is 41.9 Å². The summed E-state index contributed by atoms with van der Waals surface area (Å²) in [5.74, 6) is 6.49. The molecule has 0 bridgehead atoms. The molecule has 0 atom stereocenters. The summed E-state index contributed by atoms with van der Waals surface area (Å²) in [5, 5.41) is 11.4. The van der Waals surface area contributed by atoms with Crippen molar-refractivity contribution in [2.45, 2.75) is 24.9 Å². The number of nitrogens with zero attached hydrogens (tertiary/aromatic N) is 1. The van der Waals surface area contributed by atoms with Crippen LogP contribution in [0.4, 0.5) is 0 Å². The van der Waals surface area contributed by atoms with E-state index in [4.69, 9.17) is 0 Å². The quantitative estimate of drug-likeness (QED) is 0.860. The highest BCUT2D eigenvalue weighted by Crippen LogP contribution is 2.48. The summed E-state index contributed by atoms with van der Waals surface area (Å²) in [6, 6.07) is 16.3. The molecule has 2 aromatic carbocycles. The number of hydrogen-bond acceptors (Lipinski definition) is 2. The number of aliphatic hydroxyl groups is 1. The van der Waals surface area contributed by atoms with Crippen LogP contribution in [0.1, 0.15) is 30.4 Å². The molecule has 2 aromatic rings. The van der Waals surface area contributed by atoms with E-state index in [1.807, 2.05) is 36.4 Å². The van der Waals surface area contributed by atoms with Crippen LogP contribution >= 0.6 is 0 Å². The van der Waals surface area contributed by atoms with E-state index < -0.39 is 5.60 Å². The van der Waals surface area contributed by atoms with Gasteiger partial charge in [0.05, 0.1) is 6.54 Å². The Hall–Kier alpha value is -2.08. The van der Waals surface area contributed by atoms with Gasteiger partial charge in [0.2, 0.25) is 0 Å². The van der Waals surface area contributed by atoms with Crippen molar-refractivity contribution < 1.29 is 5.11 Å². The summed E-state index contributed by atoms with van der Waals surface area (Å²) in [7, 11) is 0. The van der Waals surface area contributed by atoms with Crippen molar-refractivity contribution >= 4 is 0 Å². The first-order chi connectivity index (χ1) is 11.3. The topological polar surface area (TPSA) is 23.5 Å². The smallest absolute Gasteiger partial charge is 0.127 e. The average Bonchev–Trinajstić information content (AvgIpc) is 3.19. The maximum absolute atomic E-state index is 11.4. The van der Waals surface area contributed by atoms with Gasteiger partial charge in [-0.1, -0.05) is 60.4 Å². The van der Waals surface area contributed by atoms with E-state index in [0.29, 0.717) is 6.42 Å². The Balaban J connectivity index is 1.63. The van der Waals surface area contributed by atoms with Gasteiger partial charge in [0.15, 0.2) is 0 Å². The second-order valence-electron chi connectivity index (χ2n) is 6.47. The van der Waals surface area contributed by atoms with Gasteiger partial charge in [0, 0.05) is 6.42 Å². The Bertz CT molecular complexity index is 732. The molecule has 0 radical (unpaired) electrons. The number of fused-ring (bicyclic) bond motifs is 3. The molecule has 1 heterocycles. The van der Waals surface area contributed by atoms with Crippen LogP contribution in [0.15, 0.2) is 48.5 Å². The first kappa shape index (κ1) is 14.5. The molecule has 1 aliphatic heterocycles. The third-order valence-corrected chi connectivity index (χ3v) is 5.01. The summed E-state index contributed by atoms with van der Waals surface area (Å²) in [4.78, 5) is 2.38. The number of benzene rings is 2. The van der Waals surface area contributed by atoms with E-state index in [2.05, 4.69) is 28.9 Å². The molecule has 1 N–H and O–H groups in total. The number of likely N-dealkylation sites (tertiary alicyclic amines) is 1. The van der Waals surface area contributed by atoms with Crippen molar-refractivity contribution in [1.82, 2.24) is 4.90 Å². The van der Waals surface area contributed by atoms with Crippen molar-refractivity contribution in [2.75, 3.05) is 19.6 Å². The Kier molecular flexibility index (Phi) is 3.69. The number of hydrogen-bond donors (Lipinski definition) is 1. The lowest BCUT2D eigenvalue weighted by molar-refractivity contribution is 0.0914. The van der Waals surface area contributed by atoms with Crippen molar-refractivity contribution in [2.24, 2.45) is 0 Å². The lowest BCUT2D eigenvalue weighted by Gasteiger charge is -2.23. The molecular weight excluding hydrogens is 282 g/mol. The Morgan fingerprint density at radius 3 is 2.04 bits per heavy atom. The van der Waals surface area contributed by atoms with Gasteiger partial charge in [-0.3, -0.25) is 4.90 Å². The molecule has 4 rings (SSSR count). The van der Waals surface area contributed by atoms with Gasteiger partial charge in [-0.05, 0) is 48.2 Å². The lowest BCUT2D eigenvalue weighted by atomic mass is 9.88. The van der Waals surface area contributed by atoms with Crippen LogP contribution in [0.2, 0.25) is 0 Å². The normalized spacial score (nSPS) is 18.1. The summed E-state index contributed by atoms with van der Waals surface area (Å²) in [5.41, 5.74) is 3.25. The fraction of sp³-hybridized carbons (Fsp3) is 0.333. The molecule has 2 nitrogen and oxygen atoms in total. The molecule has 1 fully saturated rings. The first-order valence-corrected chi connectivity index (χ1v) is 8.39. The van der Waals surface area contributed by atoms with Gasteiger partial charge >= 0.3 is 0 Å². The lowest BCUT2D eigenvalue weighted by Crippen LogP contribution is -2.24. The fourth-order valence-electron chi connectivity index (χ4n) is 3.79. The van der Waals surface area contributed by atoms with E-state index in [9.17, 15) is 5.11 Å². The zero-order valence-electron chi connectivity index (χ0n) is 13.3. The predicted molar refractivity (Wildman–Crippen MR) is 92.9 cm³/mol. The SMILES string of the molecule is OC1(CC#CCN2CCCC2)c2ccccc2-c2ccccc21. The Morgan fingerprint density at radius 1 is 0.870 bits per heavy atom. The molecule has 0 spiro atoms. The Morgan fingerprint density at radius 2 is 1.43 bits per heavy atom. The van der Waals surface area contributed by atoms with E-state index in [1.54, 1.807) is 0 Å². The van der Waals surface area contributed by atoms with Crippen LogP contribution in [-0.2, 0) is 5.60 Å². The minimum absolute atomic E-state index is 0.453. The summed E-state index contributed by atoms with van der Waals surface area (Å²) in [6.07, 6.45) is 3.02. The molecule has 0 amide bonds. The van der Waals surface area contributed by atoms with Crippen LogP contribution in [0.5, 0.6) is 0 Å². The highest BCUT2D eigenvalue weighted by atomic mass is 16.3. The molecule has 0 unspecified atom stereocenters. The van der Waals surface area contributed by atoms with Gasteiger partial charge in [-0.15, -0.1) is 0 Å². The van der Waals surface area contributed by atoms with E-state index in [1.165, 1.54) is 12.8 Å². The number of rotatable bonds is 2. The van der Waals surface area contributed by atoms with Crippen molar-refractivity contribution in [3.8, 4) is 23.0 Å². The second-order valence-corrected chi connectivity index (χ2v) is 6.47. The van der Waals surface area contributed by atoms with Gasteiger partial charge in [0.1, 0.15) is 5.60 Å². The standard InChI is InChI=1S/C21H21NO/c23-21(13-5-6-14-22-15-7-8-16-22)19-11-3-1-9-17(19)18-10-2-4-12-20(18)21/h1-4,9-12,23H,7-8,13-16H2. The minimum atomic E-state index is -0.981. The molecule has 0 aromatic heterocycles. The summed E-state index contributed by atoms with van der Waals surface area (Å²) >= 11 is 0. The highest BCUT2D eigenvalue weighted by molar-refractivity contribution is 5.80. The second kappa shape index (κ2) is 5.85. The van der Waals surface area contributed by atoms with Crippen LogP contribution in [0.3, 0.4) is 0 Å². The molecule has 0 saturated carbocycles. The van der Waals surface area contributed by atoms with Gasteiger partial charge < -0.3 is 5.11 Å². The van der Waals surface area contributed by atoms with Crippen molar-refractivity contribution in [3.63, 3.8) is 0 Å². The average molecular weight is 303 g/mol. The maximum atomic E-state index is 11.4. The molecule has 116 valence electrons.